The smallest absolute Gasteiger partial charge is 0.242 e. The van der Waals surface area contributed by atoms with Crippen LogP contribution < -0.4 is 21.9 Å². The van der Waals surface area contributed by atoms with Crippen molar-refractivity contribution in [3.05, 3.63) is 88.2 Å². The lowest BCUT2D eigenvalue weighted by molar-refractivity contribution is -0.483. The Labute approximate surface area is 179 Å². The molecule has 3 aromatic rings. The SMILES string of the molecule is CC1Cc2cc3c(cc2C(c2cccc(Cl)c2)=[N+]1c1ccccc1F)OCO3.[Cl-]. The molecule has 0 radical (unpaired) electrons. The molecule has 0 N–H and O–H groups in total. The van der Waals surface area contributed by atoms with Gasteiger partial charge in [0.15, 0.2) is 23.4 Å². The minimum absolute atomic E-state index is 0. The van der Waals surface area contributed by atoms with Crippen LogP contribution in [0.4, 0.5) is 10.1 Å². The summed E-state index contributed by atoms with van der Waals surface area (Å²) in [5.74, 6) is 1.22. The summed E-state index contributed by atoms with van der Waals surface area (Å²) >= 11 is 6.30. The third-order valence-electron chi connectivity index (χ3n) is 5.26. The lowest BCUT2D eigenvalue weighted by Crippen LogP contribution is -3.00. The Hall–Kier alpha value is -2.56. The highest BCUT2D eigenvalue weighted by molar-refractivity contribution is 6.31. The van der Waals surface area contributed by atoms with Gasteiger partial charge in [0.1, 0.15) is 0 Å². The molecule has 0 spiro atoms. The van der Waals surface area contributed by atoms with Crippen LogP contribution in [0, 0.1) is 5.82 Å². The maximum Gasteiger partial charge on any atom is 0.242 e. The van der Waals surface area contributed by atoms with Crippen molar-refractivity contribution in [2.24, 2.45) is 0 Å². The average Bonchev–Trinajstić information content (AvgIpc) is 3.13. The molecule has 29 heavy (non-hydrogen) atoms. The van der Waals surface area contributed by atoms with Crippen molar-refractivity contribution in [2.45, 2.75) is 19.4 Å². The summed E-state index contributed by atoms with van der Waals surface area (Å²) in [6, 6.07) is 18.6. The second kappa shape index (κ2) is 7.69. The van der Waals surface area contributed by atoms with E-state index in [1.54, 1.807) is 6.07 Å². The van der Waals surface area contributed by atoms with Gasteiger partial charge in [0.05, 0.1) is 5.56 Å². The molecule has 2 aliphatic rings. The number of nitrogens with zero attached hydrogens (tertiary/aromatic N) is 1. The van der Waals surface area contributed by atoms with Gasteiger partial charge in [0.25, 0.3) is 0 Å². The summed E-state index contributed by atoms with van der Waals surface area (Å²) in [5, 5.41) is 0.638. The first kappa shape index (κ1) is 19.7. The van der Waals surface area contributed by atoms with Gasteiger partial charge in [0.2, 0.25) is 18.2 Å². The van der Waals surface area contributed by atoms with Gasteiger partial charge in [-0.25, -0.2) is 0 Å². The maximum absolute atomic E-state index is 14.8. The first-order chi connectivity index (χ1) is 13.6. The lowest BCUT2D eigenvalue weighted by Gasteiger charge is -2.24. The molecule has 0 saturated carbocycles. The molecule has 2 heterocycles. The topological polar surface area (TPSA) is 21.5 Å². The minimum Gasteiger partial charge on any atom is -1.00 e. The van der Waals surface area contributed by atoms with Gasteiger partial charge in [-0.05, 0) is 48.9 Å². The Bertz CT molecular complexity index is 1130. The first-order valence-electron chi connectivity index (χ1n) is 9.21. The fourth-order valence-corrected chi connectivity index (χ4v) is 4.26. The highest BCUT2D eigenvalue weighted by Crippen LogP contribution is 2.39. The van der Waals surface area contributed by atoms with Crippen molar-refractivity contribution in [3.8, 4) is 11.5 Å². The van der Waals surface area contributed by atoms with E-state index in [4.69, 9.17) is 21.1 Å². The number of hydrogen-bond acceptors (Lipinski definition) is 2. The molecule has 0 saturated heterocycles. The minimum atomic E-state index is -0.252. The van der Waals surface area contributed by atoms with Crippen molar-refractivity contribution >= 4 is 23.0 Å². The van der Waals surface area contributed by atoms with Gasteiger partial charge < -0.3 is 21.9 Å². The molecule has 2 aliphatic heterocycles. The van der Waals surface area contributed by atoms with E-state index in [9.17, 15) is 4.39 Å². The van der Waals surface area contributed by atoms with Crippen LogP contribution in [0.3, 0.4) is 0 Å². The molecule has 148 valence electrons. The predicted octanol–water partition coefficient (Wildman–Crippen LogP) is 2.34. The lowest BCUT2D eigenvalue weighted by atomic mass is 9.88. The fraction of sp³-hybridized carbons (Fsp3) is 0.174. The Balaban J connectivity index is 0.00000205. The first-order valence-corrected chi connectivity index (χ1v) is 9.59. The van der Waals surface area contributed by atoms with E-state index in [0.717, 1.165) is 34.6 Å². The van der Waals surface area contributed by atoms with Crippen LogP contribution in [0.5, 0.6) is 11.5 Å². The highest BCUT2D eigenvalue weighted by atomic mass is 35.5. The summed E-state index contributed by atoms with van der Waals surface area (Å²) < 4.78 is 28.0. The Morgan fingerprint density at radius 2 is 1.76 bits per heavy atom. The van der Waals surface area contributed by atoms with E-state index < -0.39 is 0 Å². The summed E-state index contributed by atoms with van der Waals surface area (Å²) in [6.45, 7) is 2.32. The zero-order valence-electron chi connectivity index (χ0n) is 15.7. The Morgan fingerprint density at radius 1 is 1.00 bits per heavy atom. The summed E-state index contributed by atoms with van der Waals surface area (Å²) in [6.07, 6.45) is 0.768. The largest absolute Gasteiger partial charge is 1.00 e. The molecule has 0 fully saturated rings. The quantitative estimate of drug-likeness (QED) is 0.583. The Morgan fingerprint density at radius 3 is 2.52 bits per heavy atom. The monoisotopic (exact) mass is 429 g/mol. The third kappa shape index (κ3) is 3.37. The average molecular weight is 430 g/mol. The van der Waals surface area contributed by atoms with Gasteiger partial charge in [0, 0.05) is 23.1 Å². The molecule has 3 aromatic carbocycles. The van der Waals surface area contributed by atoms with Crippen LogP contribution >= 0.6 is 11.6 Å². The van der Waals surface area contributed by atoms with Crippen molar-refractivity contribution in [3.63, 3.8) is 0 Å². The van der Waals surface area contributed by atoms with Crippen LogP contribution in [-0.4, -0.2) is 23.1 Å². The fourth-order valence-electron chi connectivity index (χ4n) is 4.07. The van der Waals surface area contributed by atoms with Crippen LogP contribution in [0.15, 0.2) is 60.7 Å². The number of hydrogen-bond donors (Lipinski definition) is 0. The zero-order chi connectivity index (χ0) is 19.3. The van der Waals surface area contributed by atoms with Crippen molar-refractivity contribution in [1.82, 2.24) is 0 Å². The molecule has 6 heteroatoms. The van der Waals surface area contributed by atoms with E-state index in [2.05, 4.69) is 11.5 Å². The van der Waals surface area contributed by atoms with Crippen LogP contribution in [-0.2, 0) is 6.42 Å². The van der Waals surface area contributed by atoms with E-state index in [0.29, 0.717) is 16.5 Å². The van der Waals surface area contributed by atoms with Gasteiger partial charge in [-0.15, -0.1) is 0 Å². The molecule has 5 rings (SSSR count). The van der Waals surface area contributed by atoms with E-state index in [-0.39, 0.29) is 31.1 Å². The van der Waals surface area contributed by atoms with Crippen molar-refractivity contribution in [2.75, 3.05) is 6.79 Å². The predicted molar refractivity (Wildman–Crippen MR) is 107 cm³/mol. The van der Waals surface area contributed by atoms with Crippen molar-refractivity contribution < 1.29 is 30.8 Å². The van der Waals surface area contributed by atoms with E-state index in [1.807, 2.05) is 48.5 Å². The highest BCUT2D eigenvalue weighted by Gasteiger charge is 2.37. The molecule has 0 aliphatic carbocycles. The second-order valence-electron chi connectivity index (χ2n) is 7.10. The molecule has 0 amide bonds. The van der Waals surface area contributed by atoms with Gasteiger partial charge in [-0.1, -0.05) is 29.8 Å². The second-order valence-corrected chi connectivity index (χ2v) is 7.53. The number of rotatable bonds is 2. The van der Waals surface area contributed by atoms with E-state index in [1.165, 1.54) is 6.07 Å². The van der Waals surface area contributed by atoms with Gasteiger partial charge >= 0.3 is 0 Å². The molecule has 3 nitrogen and oxygen atoms in total. The molecule has 0 aromatic heterocycles. The molecule has 1 unspecified atom stereocenters. The number of fused-ring (bicyclic) bond motifs is 2. The van der Waals surface area contributed by atoms with Crippen molar-refractivity contribution in [1.29, 1.82) is 0 Å². The third-order valence-corrected chi connectivity index (χ3v) is 5.50. The summed E-state index contributed by atoms with van der Waals surface area (Å²) in [7, 11) is 0. The summed E-state index contributed by atoms with van der Waals surface area (Å²) in [4.78, 5) is 0. The standard InChI is InChI=1S/C23H18ClFNO2.ClH/c1-14-9-16-11-21-22(28-13-27-21)12-18(16)23(15-5-4-6-17(24)10-15)26(14)20-8-3-2-7-19(20)25;/h2-8,10-12,14H,9,13H2,1H3;1H/q+1;/p-1. The number of benzene rings is 3. The molecule has 0 bridgehead atoms. The Kier molecular flexibility index (Phi) is 5.24. The molecule has 1 atom stereocenters. The zero-order valence-corrected chi connectivity index (χ0v) is 17.2. The normalized spacial score (nSPS) is 17.0. The van der Waals surface area contributed by atoms with Crippen LogP contribution in [0.25, 0.3) is 0 Å². The van der Waals surface area contributed by atoms with E-state index >= 15 is 0 Å². The van der Waals surface area contributed by atoms with Crippen LogP contribution in [0.2, 0.25) is 5.02 Å². The summed E-state index contributed by atoms with van der Waals surface area (Å²) in [5.41, 5.74) is 4.56. The number of ether oxygens (including phenoxy) is 2. The molecular formula is C23H18Cl2FNO2. The van der Waals surface area contributed by atoms with Gasteiger partial charge in [-0.2, -0.15) is 8.97 Å². The number of para-hydroxylation sites is 1. The van der Waals surface area contributed by atoms with Gasteiger partial charge in [-0.3, -0.25) is 0 Å². The maximum atomic E-state index is 14.8. The molecular weight excluding hydrogens is 412 g/mol. The van der Waals surface area contributed by atoms with Crippen LogP contribution in [0.1, 0.15) is 23.6 Å². The number of halogens is 3.